The molecule has 68 heavy (non-hydrogen) atoms. The van der Waals surface area contributed by atoms with Crippen LogP contribution in [0.25, 0.3) is 67.0 Å². The van der Waals surface area contributed by atoms with Gasteiger partial charge in [-0.3, -0.25) is 15.8 Å². The lowest BCUT2D eigenvalue weighted by Gasteiger charge is -2.28. The number of aliphatic imine (C=N–C) groups is 1. The molecular weight excluding hydrogens is 833 g/mol. The van der Waals surface area contributed by atoms with Crippen molar-refractivity contribution in [3.05, 3.63) is 230 Å². The van der Waals surface area contributed by atoms with Gasteiger partial charge in [0.05, 0.1) is 22.4 Å². The summed E-state index contributed by atoms with van der Waals surface area (Å²) in [5, 5.41) is 13.3. The highest BCUT2D eigenvalue weighted by atomic mass is 15.5. The third-order valence-corrected chi connectivity index (χ3v) is 13.0. The highest BCUT2D eigenvalue weighted by Crippen LogP contribution is 2.43. The molecule has 0 fully saturated rings. The molecule has 8 heteroatoms. The predicted octanol–water partition coefficient (Wildman–Crippen LogP) is 14.2. The first kappa shape index (κ1) is 42.2. The van der Waals surface area contributed by atoms with Gasteiger partial charge in [-0.05, 0) is 90.3 Å². The molecule has 0 bridgehead atoms. The van der Waals surface area contributed by atoms with Gasteiger partial charge in [0.25, 0.3) is 0 Å². The number of benzene rings is 5. The SMILES string of the molecule is C=C1/C=C\C=C/N(N/C(=N\C(=N)C2=CC=CCC2)C2=CCC(C)C=C2)c2ccc3c(c21)c1ccccc1n3-c1ccccc1-c1nc(-c2ccccc2-c2ccccc2)nc(C2C=CC=CC2)n1. The number of nitrogens with one attached hydrogen (secondary N) is 2. The van der Waals surface area contributed by atoms with E-state index >= 15 is 0 Å². The number of nitrogens with zero attached hydrogens (tertiary/aromatic N) is 6. The summed E-state index contributed by atoms with van der Waals surface area (Å²) in [4.78, 5) is 20.9. The third-order valence-electron chi connectivity index (χ3n) is 13.0. The van der Waals surface area contributed by atoms with Crippen LogP contribution in [-0.2, 0) is 0 Å². The summed E-state index contributed by atoms with van der Waals surface area (Å²) in [7, 11) is 0. The van der Waals surface area contributed by atoms with Crippen LogP contribution in [0.15, 0.2) is 223 Å². The molecule has 4 aliphatic rings. The molecule has 0 saturated carbocycles. The molecule has 8 nitrogen and oxygen atoms in total. The van der Waals surface area contributed by atoms with Gasteiger partial charge in [-0.15, -0.1) is 0 Å². The van der Waals surface area contributed by atoms with Crippen molar-refractivity contribution in [2.75, 3.05) is 5.01 Å². The van der Waals surface area contributed by atoms with Crippen molar-refractivity contribution in [3.8, 4) is 39.6 Å². The topological polar surface area (TPSA) is 95.1 Å². The first-order chi connectivity index (χ1) is 33.5. The van der Waals surface area contributed by atoms with Crippen LogP contribution in [0, 0.1) is 11.3 Å². The Morgan fingerprint density at radius 1 is 0.706 bits per heavy atom. The molecule has 0 spiro atoms. The maximum atomic E-state index is 9.11. The van der Waals surface area contributed by atoms with Gasteiger partial charge in [0, 0.05) is 45.2 Å². The van der Waals surface area contributed by atoms with Gasteiger partial charge < -0.3 is 4.57 Å². The Labute approximate surface area is 397 Å². The fourth-order valence-electron chi connectivity index (χ4n) is 9.53. The molecule has 0 radical (unpaired) electrons. The molecule has 3 aliphatic carbocycles. The second-order valence-corrected chi connectivity index (χ2v) is 17.5. The van der Waals surface area contributed by atoms with E-state index < -0.39 is 0 Å². The number of hydrogen-bond donors (Lipinski definition) is 2. The summed E-state index contributed by atoms with van der Waals surface area (Å²) in [6.07, 6.45) is 32.7. The van der Waals surface area contributed by atoms with Gasteiger partial charge in [-0.1, -0.05) is 171 Å². The van der Waals surface area contributed by atoms with Crippen LogP contribution in [0.1, 0.15) is 49.9 Å². The number of para-hydroxylation sites is 2. The zero-order valence-corrected chi connectivity index (χ0v) is 37.9. The molecule has 2 atom stereocenters. The summed E-state index contributed by atoms with van der Waals surface area (Å²) >= 11 is 0. The van der Waals surface area contributed by atoms with E-state index in [1.54, 1.807) is 0 Å². The number of anilines is 1. The van der Waals surface area contributed by atoms with Crippen molar-refractivity contribution in [1.82, 2.24) is 24.9 Å². The summed E-state index contributed by atoms with van der Waals surface area (Å²) in [5.41, 5.74) is 15.3. The fourth-order valence-corrected chi connectivity index (χ4v) is 9.53. The highest BCUT2D eigenvalue weighted by Gasteiger charge is 2.26. The Morgan fingerprint density at radius 3 is 2.28 bits per heavy atom. The van der Waals surface area contributed by atoms with Gasteiger partial charge in [0.1, 0.15) is 11.7 Å². The third kappa shape index (κ3) is 8.11. The van der Waals surface area contributed by atoms with Crippen LogP contribution in [0.4, 0.5) is 5.69 Å². The fraction of sp³-hybridized carbons (Fsp3) is 0.117. The Bertz CT molecular complexity index is 3440. The molecule has 1 aliphatic heterocycles. The normalized spacial score (nSPS) is 18.8. The maximum absolute atomic E-state index is 9.11. The van der Waals surface area contributed by atoms with Gasteiger partial charge in [0.15, 0.2) is 17.5 Å². The summed E-state index contributed by atoms with van der Waals surface area (Å²) in [6, 6.07) is 40.2. The monoisotopic (exact) mass is 882 g/mol. The molecule has 2 aromatic heterocycles. The molecular formula is C60H50N8. The predicted molar refractivity (Wildman–Crippen MR) is 282 cm³/mol. The van der Waals surface area contributed by atoms with Crippen LogP contribution in [0.3, 0.4) is 0 Å². The largest absolute Gasteiger partial charge is 0.308 e. The van der Waals surface area contributed by atoms with E-state index in [4.69, 9.17) is 25.4 Å². The molecule has 2 N–H and O–H groups in total. The van der Waals surface area contributed by atoms with Crippen molar-refractivity contribution in [2.24, 2.45) is 10.9 Å². The van der Waals surface area contributed by atoms with E-state index in [9.17, 15) is 0 Å². The molecule has 0 amide bonds. The number of fused-ring (bicyclic) bond motifs is 5. The van der Waals surface area contributed by atoms with Crippen molar-refractivity contribution in [3.63, 3.8) is 0 Å². The molecule has 3 heterocycles. The van der Waals surface area contributed by atoms with Gasteiger partial charge in [-0.25, -0.2) is 19.9 Å². The Kier molecular flexibility index (Phi) is 11.4. The summed E-state index contributed by atoms with van der Waals surface area (Å²) in [6.45, 7) is 6.89. The lowest BCUT2D eigenvalue weighted by Crippen LogP contribution is -2.40. The minimum atomic E-state index is 0.000595. The molecule has 7 aromatic rings. The van der Waals surface area contributed by atoms with E-state index in [1.807, 2.05) is 41.6 Å². The van der Waals surface area contributed by atoms with Crippen molar-refractivity contribution in [1.29, 1.82) is 5.41 Å². The van der Waals surface area contributed by atoms with Crippen LogP contribution >= 0.6 is 0 Å². The van der Waals surface area contributed by atoms with Crippen LogP contribution in [-0.4, -0.2) is 31.2 Å². The lowest BCUT2D eigenvalue weighted by atomic mass is 9.96. The first-order valence-electron chi connectivity index (χ1n) is 23.4. The van der Waals surface area contributed by atoms with Crippen molar-refractivity contribution < 1.29 is 0 Å². The van der Waals surface area contributed by atoms with Gasteiger partial charge in [0.2, 0.25) is 0 Å². The number of allylic oxidation sites excluding steroid dienone is 13. The van der Waals surface area contributed by atoms with Crippen molar-refractivity contribution in [2.45, 2.75) is 38.5 Å². The standard InChI is InChI=1S/C60H50N8/c1-40-33-35-45(36-34-40)58(62-56(61)43-23-8-4-9-24-43)66-67-39-19-18-20-41(2)54-52(67)37-38-53-55(54)48-29-14-16-31-50(48)68(53)51-32-17-15-30-49(51)60-64-57(44-25-10-5-11-26-44)63-59(65-60)47-28-13-12-27-46(47)42-21-6-3-7-22-42/h3-8,10-23,25,27-33,35-40,44H,2,9,24,26,34H2,1H3,(H2,61,62,66)/b20-18-,39-19-. The number of hydrazine groups is 1. The van der Waals surface area contributed by atoms with Crippen LogP contribution in [0.2, 0.25) is 0 Å². The van der Waals surface area contributed by atoms with E-state index in [1.165, 1.54) is 0 Å². The number of rotatable bonds is 8. The molecule has 11 rings (SSSR count). The van der Waals surface area contributed by atoms with E-state index in [2.05, 4.69) is 187 Å². The second-order valence-electron chi connectivity index (χ2n) is 17.5. The zero-order chi connectivity index (χ0) is 46.0. The van der Waals surface area contributed by atoms with Crippen LogP contribution in [0.5, 0.6) is 0 Å². The van der Waals surface area contributed by atoms with E-state index in [-0.39, 0.29) is 11.8 Å². The quantitative estimate of drug-likeness (QED) is 0.117. The number of hydrogen-bond acceptors (Lipinski definition) is 5. The van der Waals surface area contributed by atoms with Gasteiger partial charge >= 0.3 is 0 Å². The zero-order valence-electron chi connectivity index (χ0n) is 37.9. The summed E-state index contributed by atoms with van der Waals surface area (Å²) < 4.78 is 2.34. The maximum Gasteiger partial charge on any atom is 0.165 e. The first-order valence-corrected chi connectivity index (χ1v) is 23.4. The second kappa shape index (κ2) is 18.4. The van der Waals surface area contributed by atoms with Crippen LogP contribution < -0.4 is 10.4 Å². The molecule has 0 saturated heterocycles. The van der Waals surface area contributed by atoms with Gasteiger partial charge in [-0.2, -0.15) is 0 Å². The summed E-state index contributed by atoms with van der Waals surface area (Å²) in [5.74, 6) is 3.26. The average Bonchev–Trinajstić information content (AvgIpc) is 3.73. The number of amidine groups is 2. The average molecular weight is 883 g/mol. The van der Waals surface area contributed by atoms with E-state index in [0.717, 1.165) is 109 Å². The molecule has 5 aromatic carbocycles. The minimum Gasteiger partial charge on any atom is -0.308 e. The molecule has 2 unspecified atom stereocenters. The highest BCUT2D eigenvalue weighted by molar-refractivity contribution is 6.17. The Morgan fingerprint density at radius 2 is 1.49 bits per heavy atom. The Hall–Kier alpha value is -8.49. The smallest absolute Gasteiger partial charge is 0.165 e. The van der Waals surface area contributed by atoms with Crippen molar-refractivity contribution >= 4 is 44.7 Å². The Balaban J connectivity index is 1.08. The lowest BCUT2D eigenvalue weighted by molar-refractivity contribution is 0.733. The number of aromatic nitrogens is 4. The van der Waals surface area contributed by atoms with E-state index in [0.29, 0.717) is 23.4 Å². The molecule has 330 valence electrons. The minimum absolute atomic E-state index is 0.000595.